The van der Waals surface area contributed by atoms with Crippen molar-refractivity contribution in [1.29, 1.82) is 0 Å². The number of rotatable bonds is 2. The molecule has 0 aromatic carbocycles. The van der Waals surface area contributed by atoms with Gasteiger partial charge in [-0.3, -0.25) is 0 Å². The lowest BCUT2D eigenvalue weighted by Crippen LogP contribution is -2.42. The lowest BCUT2D eigenvalue weighted by molar-refractivity contribution is 0.155. The van der Waals surface area contributed by atoms with Crippen LogP contribution in [0.25, 0.3) is 0 Å². The van der Waals surface area contributed by atoms with Gasteiger partial charge in [-0.1, -0.05) is 32.9 Å². The van der Waals surface area contributed by atoms with Gasteiger partial charge in [0, 0.05) is 12.1 Å². The summed E-state index contributed by atoms with van der Waals surface area (Å²) < 4.78 is 0. The van der Waals surface area contributed by atoms with Crippen molar-refractivity contribution in [1.82, 2.24) is 5.32 Å². The molecule has 0 saturated heterocycles. The van der Waals surface area contributed by atoms with E-state index in [0.29, 0.717) is 5.41 Å². The van der Waals surface area contributed by atoms with Crippen molar-refractivity contribution >= 4 is 0 Å². The Morgan fingerprint density at radius 2 is 1.59 bits per heavy atom. The van der Waals surface area contributed by atoms with Crippen LogP contribution in [-0.2, 0) is 0 Å². The van der Waals surface area contributed by atoms with E-state index in [1.165, 1.54) is 44.9 Å². The normalized spacial score (nSPS) is 34.9. The molecule has 1 heteroatoms. The quantitative estimate of drug-likeness (QED) is 0.704. The number of allylic oxidation sites excluding steroid dienone is 1. The zero-order valence-corrected chi connectivity index (χ0v) is 11.8. The average molecular weight is 235 g/mol. The lowest BCUT2D eigenvalue weighted by atomic mass is 9.71. The van der Waals surface area contributed by atoms with Gasteiger partial charge in [0.1, 0.15) is 0 Å². The second-order valence-electron chi connectivity index (χ2n) is 7.06. The number of nitrogens with one attached hydrogen (secondary N) is 1. The Kier molecular flexibility index (Phi) is 4.30. The molecule has 1 unspecified atom stereocenters. The summed E-state index contributed by atoms with van der Waals surface area (Å²) in [6.45, 7) is 7.20. The van der Waals surface area contributed by atoms with Crippen LogP contribution in [0.5, 0.6) is 0 Å². The Labute approximate surface area is 107 Å². The molecule has 0 radical (unpaired) electrons. The van der Waals surface area contributed by atoms with Crippen molar-refractivity contribution in [2.45, 2.75) is 77.8 Å². The van der Waals surface area contributed by atoms with Crippen LogP contribution in [0.2, 0.25) is 0 Å². The zero-order valence-electron chi connectivity index (χ0n) is 11.8. The summed E-state index contributed by atoms with van der Waals surface area (Å²) in [7, 11) is 0. The van der Waals surface area contributed by atoms with E-state index < -0.39 is 0 Å². The summed E-state index contributed by atoms with van der Waals surface area (Å²) >= 11 is 0. The van der Waals surface area contributed by atoms with E-state index in [-0.39, 0.29) is 0 Å². The monoisotopic (exact) mass is 235 g/mol. The van der Waals surface area contributed by atoms with Crippen molar-refractivity contribution in [3.05, 3.63) is 12.2 Å². The van der Waals surface area contributed by atoms with E-state index in [4.69, 9.17) is 0 Å². The summed E-state index contributed by atoms with van der Waals surface area (Å²) in [4.78, 5) is 0. The molecule has 1 nitrogen and oxygen atoms in total. The predicted molar refractivity (Wildman–Crippen MR) is 75.1 cm³/mol. The van der Waals surface area contributed by atoms with Gasteiger partial charge < -0.3 is 5.32 Å². The molecule has 0 amide bonds. The first kappa shape index (κ1) is 13.1. The zero-order chi connectivity index (χ0) is 12.3. The van der Waals surface area contributed by atoms with Crippen molar-refractivity contribution in [3.8, 4) is 0 Å². The molecule has 98 valence electrons. The molecule has 1 saturated carbocycles. The van der Waals surface area contributed by atoms with E-state index in [1.807, 2.05) is 0 Å². The molecule has 1 fully saturated rings. The Morgan fingerprint density at radius 1 is 0.882 bits per heavy atom. The summed E-state index contributed by atoms with van der Waals surface area (Å²) in [6, 6.07) is 1.56. The van der Waals surface area contributed by atoms with Crippen molar-refractivity contribution in [2.24, 2.45) is 11.3 Å². The standard InChI is InChI=1S/C16H29N/c1-16(2,3)13-9-11-15(12-10-13)17-14-7-5-4-6-8-14/h4-5,13-15,17H,6-12H2,1-3H3. The third-order valence-electron chi connectivity index (χ3n) is 4.69. The Hall–Kier alpha value is -0.300. The van der Waals surface area contributed by atoms with E-state index in [1.54, 1.807) is 0 Å². The highest BCUT2D eigenvalue weighted by atomic mass is 14.9. The Bertz CT molecular complexity index is 253. The Balaban J connectivity index is 1.73. The van der Waals surface area contributed by atoms with Gasteiger partial charge in [-0.15, -0.1) is 0 Å². The van der Waals surface area contributed by atoms with Crippen LogP contribution in [0.15, 0.2) is 12.2 Å². The fourth-order valence-electron chi connectivity index (χ4n) is 3.40. The highest BCUT2D eigenvalue weighted by Gasteiger charge is 2.30. The lowest BCUT2D eigenvalue weighted by Gasteiger charge is -2.38. The molecule has 0 spiro atoms. The maximum Gasteiger partial charge on any atom is 0.0107 e. The van der Waals surface area contributed by atoms with Gasteiger partial charge >= 0.3 is 0 Å². The van der Waals surface area contributed by atoms with E-state index in [9.17, 15) is 0 Å². The second-order valence-corrected chi connectivity index (χ2v) is 7.06. The molecule has 0 aliphatic heterocycles. The molecule has 2 aliphatic rings. The molecule has 0 heterocycles. The molecular formula is C16H29N. The summed E-state index contributed by atoms with van der Waals surface area (Å²) in [5.74, 6) is 0.937. The van der Waals surface area contributed by atoms with Gasteiger partial charge in [0.15, 0.2) is 0 Å². The van der Waals surface area contributed by atoms with Crippen LogP contribution in [-0.4, -0.2) is 12.1 Å². The highest BCUT2D eigenvalue weighted by molar-refractivity contribution is 4.94. The third-order valence-corrected chi connectivity index (χ3v) is 4.69. The first-order valence-corrected chi connectivity index (χ1v) is 7.47. The minimum Gasteiger partial charge on any atom is -0.311 e. The molecular weight excluding hydrogens is 206 g/mol. The SMILES string of the molecule is CC(C)(C)C1CCC(NC2CC=CCC2)CC1. The number of hydrogen-bond acceptors (Lipinski definition) is 1. The summed E-state index contributed by atoms with van der Waals surface area (Å²) in [6.07, 6.45) is 14.2. The summed E-state index contributed by atoms with van der Waals surface area (Å²) in [5, 5.41) is 3.88. The second kappa shape index (κ2) is 5.56. The van der Waals surface area contributed by atoms with Crippen LogP contribution >= 0.6 is 0 Å². The third kappa shape index (κ3) is 3.84. The van der Waals surface area contributed by atoms with E-state index >= 15 is 0 Å². The first-order valence-electron chi connectivity index (χ1n) is 7.47. The minimum absolute atomic E-state index is 0.512. The molecule has 0 aromatic heterocycles. The fraction of sp³-hybridized carbons (Fsp3) is 0.875. The molecule has 2 rings (SSSR count). The van der Waals surface area contributed by atoms with Gasteiger partial charge in [-0.05, 0) is 56.3 Å². The van der Waals surface area contributed by atoms with Crippen LogP contribution in [0.1, 0.15) is 65.7 Å². The molecule has 17 heavy (non-hydrogen) atoms. The molecule has 2 aliphatic carbocycles. The van der Waals surface area contributed by atoms with Crippen molar-refractivity contribution in [2.75, 3.05) is 0 Å². The smallest absolute Gasteiger partial charge is 0.0107 e. The van der Waals surface area contributed by atoms with Crippen LogP contribution < -0.4 is 5.32 Å². The van der Waals surface area contributed by atoms with Gasteiger partial charge in [-0.25, -0.2) is 0 Å². The van der Waals surface area contributed by atoms with E-state index in [2.05, 4.69) is 38.2 Å². The molecule has 1 N–H and O–H groups in total. The van der Waals surface area contributed by atoms with Crippen molar-refractivity contribution in [3.63, 3.8) is 0 Å². The molecule has 1 atom stereocenters. The molecule has 0 bridgehead atoms. The Morgan fingerprint density at radius 3 is 2.12 bits per heavy atom. The minimum atomic E-state index is 0.512. The summed E-state index contributed by atoms with van der Waals surface area (Å²) in [5.41, 5.74) is 0.512. The predicted octanol–water partition coefficient (Wildman–Crippen LogP) is 4.29. The van der Waals surface area contributed by atoms with E-state index in [0.717, 1.165) is 18.0 Å². The van der Waals surface area contributed by atoms with Gasteiger partial charge in [0.25, 0.3) is 0 Å². The maximum atomic E-state index is 3.88. The first-order chi connectivity index (χ1) is 8.05. The van der Waals surface area contributed by atoms with Crippen LogP contribution in [0.3, 0.4) is 0 Å². The topological polar surface area (TPSA) is 12.0 Å². The van der Waals surface area contributed by atoms with Crippen molar-refractivity contribution < 1.29 is 0 Å². The largest absolute Gasteiger partial charge is 0.311 e. The van der Waals surface area contributed by atoms with Gasteiger partial charge in [-0.2, -0.15) is 0 Å². The van der Waals surface area contributed by atoms with Gasteiger partial charge in [0.05, 0.1) is 0 Å². The van der Waals surface area contributed by atoms with Crippen LogP contribution in [0.4, 0.5) is 0 Å². The van der Waals surface area contributed by atoms with Crippen LogP contribution in [0, 0.1) is 11.3 Å². The van der Waals surface area contributed by atoms with Gasteiger partial charge in [0.2, 0.25) is 0 Å². The fourth-order valence-corrected chi connectivity index (χ4v) is 3.40. The highest BCUT2D eigenvalue weighted by Crippen LogP contribution is 2.37. The maximum absolute atomic E-state index is 3.88. The number of hydrogen-bond donors (Lipinski definition) is 1. The molecule has 0 aromatic rings. The average Bonchev–Trinajstić information content (AvgIpc) is 2.30.